The van der Waals surface area contributed by atoms with Crippen molar-refractivity contribution in [1.82, 2.24) is 9.80 Å². The molecule has 1 aromatic carbocycles. The van der Waals surface area contributed by atoms with Crippen molar-refractivity contribution in [3.8, 4) is 11.8 Å². The first-order chi connectivity index (χ1) is 9.78. The molecule has 3 nitrogen and oxygen atoms in total. The van der Waals surface area contributed by atoms with Crippen LogP contribution in [0.3, 0.4) is 0 Å². The van der Waals surface area contributed by atoms with Crippen LogP contribution < -0.4 is 0 Å². The maximum Gasteiger partial charge on any atom is 0.0540 e. The lowest BCUT2D eigenvalue weighted by Gasteiger charge is -2.20. The highest BCUT2D eigenvalue weighted by atomic mass is 16.2. The largest absolute Gasteiger partial charge is 0.395 e. The zero-order valence-corrected chi connectivity index (χ0v) is 12.3. The van der Waals surface area contributed by atoms with Gasteiger partial charge in [0.1, 0.15) is 0 Å². The molecule has 20 heavy (non-hydrogen) atoms. The van der Waals surface area contributed by atoms with E-state index in [1.165, 1.54) is 25.1 Å². The van der Waals surface area contributed by atoms with Crippen molar-refractivity contribution in [2.24, 2.45) is 0 Å². The van der Waals surface area contributed by atoms with Gasteiger partial charge in [-0.25, -0.2) is 0 Å². The summed E-state index contributed by atoms with van der Waals surface area (Å²) in [5, 5.41) is 8.75. The summed E-state index contributed by atoms with van der Waals surface area (Å²) in [5.41, 5.74) is 2.37. The van der Waals surface area contributed by atoms with E-state index >= 15 is 0 Å². The van der Waals surface area contributed by atoms with E-state index in [-0.39, 0.29) is 6.61 Å². The fourth-order valence-corrected chi connectivity index (χ4v) is 2.48. The van der Waals surface area contributed by atoms with E-state index in [1.807, 2.05) is 6.07 Å². The lowest BCUT2D eigenvalue weighted by molar-refractivity contribution is 0.269. The predicted molar refractivity (Wildman–Crippen MR) is 82.4 cm³/mol. The summed E-state index contributed by atoms with van der Waals surface area (Å²) in [6.07, 6.45) is 1.79. The van der Waals surface area contributed by atoms with E-state index in [0.29, 0.717) is 6.42 Å². The second-order valence-corrected chi connectivity index (χ2v) is 5.41. The highest BCUT2D eigenvalue weighted by Crippen LogP contribution is 2.10. The highest BCUT2D eigenvalue weighted by molar-refractivity contribution is 5.37. The Labute approximate surface area is 122 Å². The van der Waals surface area contributed by atoms with Crippen LogP contribution in [0, 0.1) is 11.8 Å². The van der Waals surface area contributed by atoms with Crippen LogP contribution in [0.2, 0.25) is 0 Å². The minimum Gasteiger partial charge on any atom is -0.395 e. The van der Waals surface area contributed by atoms with Gasteiger partial charge in [-0.1, -0.05) is 24.0 Å². The van der Waals surface area contributed by atoms with Crippen molar-refractivity contribution < 1.29 is 5.11 Å². The van der Waals surface area contributed by atoms with Gasteiger partial charge in [0.2, 0.25) is 0 Å². The fourth-order valence-electron chi connectivity index (χ4n) is 2.48. The third-order valence-corrected chi connectivity index (χ3v) is 3.61. The zero-order valence-electron chi connectivity index (χ0n) is 12.3. The van der Waals surface area contributed by atoms with Gasteiger partial charge < -0.3 is 10.0 Å². The van der Waals surface area contributed by atoms with E-state index < -0.39 is 0 Å². The first kappa shape index (κ1) is 15.1. The molecule has 1 N–H and O–H groups in total. The molecule has 0 aliphatic carbocycles. The van der Waals surface area contributed by atoms with Crippen molar-refractivity contribution >= 4 is 0 Å². The van der Waals surface area contributed by atoms with Crippen molar-refractivity contribution in [2.75, 3.05) is 39.8 Å². The molecular weight excluding hydrogens is 248 g/mol. The summed E-state index contributed by atoms with van der Waals surface area (Å²) in [6, 6.07) is 8.44. The zero-order chi connectivity index (χ0) is 14.2. The average Bonchev–Trinajstić information content (AvgIpc) is 2.65. The van der Waals surface area contributed by atoms with Gasteiger partial charge in [-0.2, -0.15) is 0 Å². The Bertz CT molecular complexity index is 475. The molecule has 0 saturated carbocycles. The molecule has 0 amide bonds. The monoisotopic (exact) mass is 272 g/mol. The maximum absolute atomic E-state index is 8.75. The van der Waals surface area contributed by atoms with E-state index in [4.69, 9.17) is 5.11 Å². The number of hydrogen-bond donors (Lipinski definition) is 1. The average molecular weight is 272 g/mol. The summed E-state index contributed by atoms with van der Waals surface area (Å²) in [6.45, 7) is 5.79. The topological polar surface area (TPSA) is 26.7 Å². The van der Waals surface area contributed by atoms with Crippen molar-refractivity contribution in [3.05, 3.63) is 35.4 Å². The van der Waals surface area contributed by atoms with E-state index in [1.54, 1.807) is 0 Å². The molecule has 2 rings (SSSR count). The summed E-state index contributed by atoms with van der Waals surface area (Å²) < 4.78 is 0. The smallest absolute Gasteiger partial charge is 0.0540 e. The Balaban J connectivity index is 1.95. The van der Waals surface area contributed by atoms with Gasteiger partial charge in [0, 0.05) is 31.6 Å². The van der Waals surface area contributed by atoms with Crippen LogP contribution in [0.25, 0.3) is 0 Å². The van der Waals surface area contributed by atoms with E-state index in [9.17, 15) is 0 Å². The number of aliphatic hydroxyl groups excluding tert-OH is 1. The Kier molecular flexibility index (Phi) is 6.07. The highest BCUT2D eigenvalue weighted by Gasteiger charge is 2.12. The summed E-state index contributed by atoms with van der Waals surface area (Å²) in [7, 11) is 2.20. The van der Waals surface area contributed by atoms with Gasteiger partial charge >= 0.3 is 0 Å². The van der Waals surface area contributed by atoms with Crippen LogP contribution in [0.1, 0.15) is 24.0 Å². The van der Waals surface area contributed by atoms with E-state index in [0.717, 1.165) is 25.2 Å². The summed E-state index contributed by atoms with van der Waals surface area (Å²) in [5.74, 6) is 6.08. The number of benzene rings is 1. The molecule has 1 aliphatic rings. The molecule has 0 bridgehead atoms. The van der Waals surface area contributed by atoms with Crippen LogP contribution in [0.4, 0.5) is 0 Å². The second kappa shape index (κ2) is 8.06. The van der Waals surface area contributed by atoms with Gasteiger partial charge in [0.05, 0.1) is 6.61 Å². The van der Waals surface area contributed by atoms with Crippen LogP contribution in [0.15, 0.2) is 24.3 Å². The summed E-state index contributed by atoms with van der Waals surface area (Å²) >= 11 is 0. The molecule has 108 valence electrons. The first-order valence-electron chi connectivity index (χ1n) is 7.37. The SMILES string of the molecule is CN1CCCN(Cc2cccc(C#CCCO)c2)CC1. The third kappa shape index (κ3) is 4.97. The molecule has 0 spiro atoms. The quantitative estimate of drug-likeness (QED) is 0.846. The normalized spacial score (nSPS) is 17.3. The number of rotatable bonds is 3. The van der Waals surface area contributed by atoms with Gasteiger partial charge in [-0.05, 0) is 44.3 Å². The lowest BCUT2D eigenvalue weighted by Crippen LogP contribution is -2.28. The van der Waals surface area contributed by atoms with Crippen LogP contribution >= 0.6 is 0 Å². The Hall–Kier alpha value is -1.34. The molecule has 1 fully saturated rings. The molecule has 0 radical (unpaired) electrons. The number of hydrogen-bond acceptors (Lipinski definition) is 3. The summed E-state index contributed by atoms with van der Waals surface area (Å²) in [4.78, 5) is 4.92. The first-order valence-corrected chi connectivity index (χ1v) is 7.37. The molecule has 0 aromatic heterocycles. The standard InChI is InChI=1S/C17H24N2O/c1-18-9-5-10-19(12-11-18)15-17-8-4-7-16(14-17)6-2-3-13-20/h4,7-8,14,20H,3,5,9-13,15H2,1H3. The van der Waals surface area contributed by atoms with Crippen molar-refractivity contribution in [2.45, 2.75) is 19.4 Å². The molecule has 1 aliphatic heterocycles. The molecular formula is C17H24N2O. The van der Waals surface area contributed by atoms with Gasteiger partial charge in [-0.3, -0.25) is 4.90 Å². The number of aliphatic hydroxyl groups is 1. The fraction of sp³-hybridized carbons (Fsp3) is 0.529. The second-order valence-electron chi connectivity index (χ2n) is 5.41. The molecule has 0 unspecified atom stereocenters. The van der Waals surface area contributed by atoms with Crippen molar-refractivity contribution in [3.63, 3.8) is 0 Å². The Morgan fingerprint density at radius 2 is 2.10 bits per heavy atom. The van der Waals surface area contributed by atoms with Crippen LogP contribution in [-0.4, -0.2) is 54.7 Å². The maximum atomic E-state index is 8.75. The number of nitrogens with zero attached hydrogens (tertiary/aromatic N) is 2. The minimum atomic E-state index is 0.133. The molecule has 3 heteroatoms. The molecule has 1 saturated heterocycles. The molecule has 1 heterocycles. The van der Waals surface area contributed by atoms with Crippen LogP contribution in [-0.2, 0) is 6.54 Å². The Morgan fingerprint density at radius 3 is 2.95 bits per heavy atom. The predicted octanol–water partition coefficient (Wildman–Crippen LogP) is 1.56. The van der Waals surface area contributed by atoms with Crippen molar-refractivity contribution in [1.29, 1.82) is 0 Å². The van der Waals surface area contributed by atoms with Gasteiger partial charge in [-0.15, -0.1) is 0 Å². The number of likely N-dealkylation sites (N-methyl/N-ethyl adjacent to an activating group) is 1. The Morgan fingerprint density at radius 1 is 1.20 bits per heavy atom. The van der Waals surface area contributed by atoms with Gasteiger partial charge in [0.15, 0.2) is 0 Å². The third-order valence-electron chi connectivity index (χ3n) is 3.61. The molecule has 1 aromatic rings. The van der Waals surface area contributed by atoms with Gasteiger partial charge in [0.25, 0.3) is 0 Å². The van der Waals surface area contributed by atoms with E-state index in [2.05, 4.69) is 46.9 Å². The molecule has 0 atom stereocenters. The lowest BCUT2D eigenvalue weighted by atomic mass is 10.1. The minimum absolute atomic E-state index is 0.133. The van der Waals surface area contributed by atoms with Crippen LogP contribution in [0.5, 0.6) is 0 Å².